The minimum Gasteiger partial charge on any atom is -0.394 e. The lowest BCUT2D eigenvalue weighted by Gasteiger charge is -2.43. The Labute approximate surface area is 125 Å². The van der Waals surface area contributed by atoms with E-state index in [1.807, 2.05) is 0 Å². The summed E-state index contributed by atoms with van der Waals surface area (Å²) < 4.78 is 0. The summed E-state index contributed by atoms with van der Waals surface area (Å²) in [6.45, 7) is 6.80. The maximum Gasteiger partial charge on any atom is 0.0609 e. The van der Waals surface area contributed by atoms with Crippen LogP contribution in [0.1, 0.15) is 65.2 Å². The fraction of sp³-hybridized carbons (Fsp3) is 1.00. The number of hydrogen-bond acceptors (Lipinski definition) is 3. The molecule has 0 aromatic carbocycles. The molecule has 2 fully saturated rings. The van der Waals surface area contributed by atoms with Crippen molar-refractivity contribution in [2.75, 3.05) is 26.7 Å². The molecule has 3 nitrogen and oxygen atoms in total. The van der Waals surface area contributed by atoms with Crippen LogP contribution in [0.3, 0.4) is 0 Å². The molecule has 2 saturated carbocycles. The summed E-state index contributed by atoms with van der Waals surface area (Å²) in [7, 11) is 2.18. The smallest absolute Gasteiger partial charge is 0.0609 e. The van der Waals surface area contributed by atoms with Gasteiger partial charge in [-0.2, -0.15) is 0 Å². The molecule has 0 spiro atoms. The number of hydrogen-bond donors (Lipinski definition) is 2. The van der Waals surface area contributed by atoms with Crippen molar-refractivity contribution in [3.8, 4) is 0 Å². The lowest BCUT2D eigenvalue weighted by molar-refractivity contribution is 0.0341. The zero-order chi connectivity index (χ0) is 14.6. The predicted molar refractivity (Wildman–Crippen MR) is 85.0 cm³/mol. The maximum absolute atomic E-state index is 9.60. The third kappa shape index (κ3) is 4.44. The van der Waals surface area contributed by atoms with Crippen molar-refractivity contribution in [3.63, 3.8) is 0 Å². The first-order valence-electron chi connectivity index (χ1n) is 8.53. The standard InChI is InChI=1S/C17H34N2O/c1-16(2,14-20)19(3)13-17(12-18-15-8-9-15)10-6-4-5-7-11-17/h15,18,20H,4-14H2,1-3H3. The van der Waals surface area contributed by atoms with Crippen molar-refractivity contribution in [1.29, 1.82) is 0 Å². The van der Waals surface area contributed by atoms with E-state index in [-0.39, 0.29) is 12.1 Å². The summed E-state index contributed by atoms with van der Waals surface area (Å²) in [6, 6.07) is 0.797. The van der Waals surface area contributed by atoms with Crippen molar-refractivity contribution in [1.82, 2.24) is 10.2 Å². The van der Waals surface area contributed by atoms with Crippen molar-refractivity contribution in [3.05, 3.63) is 0 Å². The van der Waals surface area contributed by atoms with Crippen LogP contribution in [0.4, 0.5) is 0 Å². The van der Waals surface area contributed by atoms with Crippen molar-refractivity contribution >= 4 is 0 Å². The van der Waals surface area contributed by atoms with E-state index in [2.05, 4.69) is 31.1 Å². The van der Waals surface area contributed by atoms with Gasteiger partial charge in [0.1, 0.15) is 0 Å². The number of aliphatic hydroxyl groups excluding tert-OH is 1. The Bertz CT molecular complexity index is 291. The third-order valence-corrected chi connectivity index (χ3v) is 5.50. The second-order valence-electron chi connectivity index (χ2n) is 7.90. The van der Waals surface area contributed by atoms with E-state index in [0.717, 1.165) is 12.6 Å². The summed E-state index contributed by atoms with van der Waals surface area (Å²) in [5.41, 5.74) is 0.305. The summed E-state index contributed by atoms with van der Waals surface area (Å²) in [4.78, 5) is 2.38. The molecule has 0 aromatic rings. The third-order valence-electron chi connectivity index (χ3n) is 5.50. The molecule has 2 aliphatic carbocycles. The van der Waals surface area contributed by atoms with Gasteiger partial charge in [-0.15, -0.1) is 0 Å². The van der Waals surface area contributed by atoms with Crippen LogP contribution in [0.15, 0.2) is 0 Å². The van der Waals surface area contributed by atoms with E-state index in [0.29, 0.717) is 5.41 Å². The molecule has 0 aromatic heterocycles. The molecule has 118 valence electrons. The summed E-state index contributed by atoms with van der Waals surface area (Å²) >= 11 is 0. The number of nitrogens with zero attached hydrogens (tertiary/aromatic N) is 1. The molecule has 3 heteroatoms. The van der Waals surface area contributed by atoms with Crippen LogP contribution < -0.4 is 5.32 Å². The molecule has 0 amide bonds. The molecule has 0 radical (unpaired) electrons. The van der Waals surface area contributed by atoms with Gasteiger partial charge in [0, 0.05) is 24.7 Å². The fourth-order valence-corrected chi connectivity index (χ4v) is 3.36. The van der Waals surface area contributed by atoms with Crippen LogP contribution in [-0.2, 0) is 0 Å². The van der Waals surface area contributed by atoms with Gasteiger partial charge in [0.15, 0.2) is 0 Å². The van der Waals surface area contributed by atoms with E-state index >= 15 is 0 Å². The van der Waals surface area contributed by atoms with E-state index in [4.69, 9.17) is 0 Å². The van der Waals surface area contributed by atoms with E-state index in [1.165, 1.54) is 57.9 Å². The fourth-order valence-electron chi connectivity index (χ4n) is 3.36. The molecule has 2 aliphatic rings. The summed E-state index contributed by atoms with van der Waals surface area (Å²) in [5, 5.41) is 13.4. The Morgan fingerprint density at radius 2 is 1.75 bits per heavy atom. The van der Waals surface area contributed by atoms with Gasteiger partial charge in [-0.25, -0.2) is 0 Å². The highest BCUT2D eigenvalue weighted by Crippen LogP contribution is 2.37. The quantitative estimate of drug-likeness (QED) is 0.705. The van der Waals surface area contributed by atoms with Crippen LogP contribution >= 0.6 is 0 Å². The molecule has 0 aliphatic heterocycles. The van der Waals surface area contributed by atoms with Gasteiger partial charge in [-0.3, -0.25) is 4.90 Å². The van der Waals surface area contributed by atoms with Crippen molar-refractivity contribution in [2.45, 2.75) is 76.8 Å². The lowest BCUT2D eigenvalue weighted by atomic mass is 9.78. The highest BCUT2D eigenvalue weighted by molar-refractivity contribution is 4.92. The van der Waals surface area contributed by atoms with Crippen LogP contribution in [-0.4, -0.2) is 48.3 Å². The average molecular weight is 282 g/mol. The lowest BCUT2D eigenvalue weighted by Crippen LogP contribution is -2.51. The van der Waals surface area contributed by atoms with Gasteiger partial charge in [0.2, 0.25) is 0 Å². The van der Waals surface area contributed by atoms with Gasteiger partial charge in [0.25, 0.3) is 0 Å². The van der Waals surface area contributed by atoms with E-state index in [1.54, 1.807) is 0 Å². The molecule has 2 rings (SSSR count). The Balaban J connectivity index is 1.99. The first-order chi connectivity index (χ1) is 9.47. The molecule has 20 heavy (non-hydrogen) atoms. The van der Waals surface area contributed by atoms with Gasteiger partial charge < -0.3 is 10.4 Å². The molecule has 0 unspecified atom stereocenters. The molecule has 2 N–H and O–H groups in total. The Morgan fingerprint density at radius 1 is 1.15 bits per heavy atom. The van der Waals surface area contributed by atoms with Crippen LogP contribution in [0.25, 0.3) is 0 Å². The van der Waals surface area contributed by atoms with Crippen molar-refractivity contribution < 1.29 is 5.11 Å². The van der Waals surface area contributed by atoms with E-state index < -0.39 is 0 Å². The summed E-state index contributed by atoms with van der Waals surface area (Å²) in [6.07, 6.45) is 11.0. The normalized spacial score (nSPS) is 23.9. The number of nitrogens with one attached hydrogen (secondary N) is 1. The minimum atomic E-state index is -0.112. The Morgan fingerprint density at radius 3 is 2.25 bits per heavy atom. The molecule has 0 bridgehead atoms. The summed E-state index contributed by atoms with van der Waals surface area (Å²) in [5.74, 6) is 0. The number of aliphatic hydroxyl groups is 1. The monoisotopic (exact) mass is 282 g/mol. The first kappa shape index (κ1) is 16.3. The zero-order valence-electron chi connectivity index (χ0n) is 13.7. The highest BCUT2D eigenvalue weighted by Gasteiger charge is 2.36. The van der Waals surface area contributed by atoms with Gasteiger partial charge >= 0.3 is 0 Å². The molecular weight excluding hydrogens is 248 g/mol. The van der Waals surface area contributed by atoms with E-state index in [9.17, 15) is 5.11 Å². The van der Waals surface area contributed by atoms with Gasteiger partial charge in [-0.05, 0) is 52.0 Å². The van der Waals surface area contributed by atoms with Gasteiger partial charge in [0.05, 0.1) is 6.61 Å². The highest BCUT2D eigenvalue weighted by atomic mass is 16.3. The van der Waals surface area contributed by atoms with Crippen molar-refractivity contribution in [2.24, 2.45) is 5.41 Å². The first-order valence-corrected chi connectivity index (χ1v) is 8.53. The largest absolute Gasteiger partial charge is 0.394 e. The van der Waals surface area contributed by atoms with Crippen LogP contribution in [0.5, 0.6) is 0 Å². The predicted octanol–water partition coefficient (Wildman–Crippen LogP) is 2.78. The molecular formula is C17H34N2O. The molecule has 0 heterocycles. The number of rotatable bonds is 7. The SMILES string of the molecule is CN(CC1(CNC2CC2)CCCCCC1)C(C)(C)CO. The average Bonchev–Trinajstić information content (AvgIpc) is 3.24. The van der Waals surface area contributed by atoms with Gasteiger partial charge in [-0.1, -0.05) is 25.7 Å². The zero-order valence-corrected chi connectivity index (χ0v) is 13.7. The molecule has 0 saturated heterocycles. The van der Waals surface area contributed by atoms with Crippen LogP contribution in [0, 0.1) is 5.41 Å². The Hall–Kier alpha value is -0.120. The number of likely N-dealkylation sites (N-methyl/N-ethyl adjacent to an activating group) is 1. The Kier molecular flexibility index (Phi) is 5.49. The topological polar surface area (TPSA) is 35.5 Å². The minimum absolute atomic E-state index is 0.112. The maximum atomic E-state index is 9.60. The second-order valence-corrected chi connectivity index (χ2v) is 7.90. The van der Waals surface area contributed by atoms with Crippen LogP contribution in [0.2, 0.25) is 0 Å². The second kappa shape index (κ2) is 6.76. The molecule has 0 atom stereocenters.